The SMILES string of the molecule is Cc1oc(C2CCN(C(=O)C3CCC3)CC2)nc1C(=O)N1CCCCC1. The highest BCUT2D eigenvalue weighted by Crippen LogP contribution is 2.33. The van der Waals surface area contributed by atoms with Crippen LogP contribution >= 0.6 is 0 Å². The number of likely N-dealkylation sites (tertiary alicyclic amines) is 2. The minimum absolute atomic E-state index is 0.00907. The molecule has 3 heterocycles. The second kappa shape index (κ2) is 7.41. The number of aryl methyl sites for hydroxylation is 1. The fraction of sp³-hybridized carbons (Fsp3) is 0.750. The van der Waals surface area contributed by atoms with Crippen molar-refractivity contribution in [3.63, 3.8) is 0 Å². The monoisotopic (exact) mass is 359 g/mol. The lowest BCUT2D eigenvalue weighted by molar-refractivity contribution is -0.139. The summed E-state index contributed by atoms with van der Waals surface area (Å²) in [7, 11) is 0. The first-order valence-corrected chi connectivity index (χ1v) is 10.2. The highest BCUT2D eigenvalue weighted by atomic mass is 16.4. The number of amides is 2. The summed E-state index contributed by atoms with van der Waals surface area (Å²) in [5.74, 6) is 2.13. The number of hydrogen-bond acceptors (Lipinski definition) is 4. The van der Waals surface area contributed by atoms with Gasteiger partial charge in [-0.15, -0.1) is 0 Å². The molecule has 2 aliphatic heterocycles. The Balaban J connectivity index is 1.38. The smallest absolute Gasteiger partial charge is 0.276 e. The van der Waals surface area contributed by atoms with Gasteiger partial charge in [0, 0.05) is 38.0 Å². The van der Waals surface area contributed by atoms with E-state index in [-0.39, 0.29) is 17.7 Å². The summed E-state index contributed by atoms with van der Waals surface area (Å²) in [6, 6.07) is 0. The van der Waals surface area contributed by atoms with Gasteiger partial charge in [-0.2, -0.15) is 0 Å². The van der Waals surface area contributed by atoms with Gasteiger partial charge < -0.3 is 14.2 Å². The Kier molecular flexibility index (Phi) is 5.00. The standard InChI is InChI=1S/C20H29N3O3/c1-14-17(20(25)22-10-3-2-4-11-22)21-18(26-14)15-8-12-23(13-9-15)19(24)16-6-5-7-16/h15-16H,2-13H2,1H3. The first-order valence-electron chi connectivity index (χ1n) is 10.2. The molecule has 0 bridgehead atoms. The summed E-state index contributed by atoms with van der Waals surface area (Å²) < 4.78 is 5.88. The third-order valence-corrected chi connectivity index (χ3v) is 6.27. The molecular formula is C20H29N3O3. The van der Waals surface area contributed by atoms with E-state index in [2.05, 4.69) is 4.98 Å². The molecule has 3 aliphatic rings. The fourth-order valence-electron chi connectivity index (χ4n) is 4.30. The van der Waals surface area contributed by atoms with Gasteiger partial charge in [0.2, 0.25) is 5.91 Å². The molecule has 142 valence electrons. The van der Waals surface area contributed by atoms with Crippen molar-refractivity contribution in [3.05, 3.63) is 17.3 Å². The molecule has 0 atom stereocenters. The lowest BCUT2D eigenvalue weighted by atomic mass is 9.83. The average Bonchev–Trinajstić information content (AvgIpc) is 3.02. The summed E-state index contributed by atoms with van der Waals surface area (Å²) in [6.07, 6.45) is 8.39. The lowest BCUT2D eigenvalue weighted by Crippen LogP contribution is -2.43. The molecule has 0 aromatic carbocycles. The second-order valence-electron chi connectivity index (χ2n) is 8.04. The summed E-state index contributed by atoms with van der Waals surface area (Å²) in [4.78, 5) is 33.6. The van der Waals surface area contributed by atoms with E-state index in [4.69, 9.17) is 4.42 Å². The molecule has 1 aromatic rings. The third kappa shape index (κ3) is 3.38. The van der Waals surface area contributed by atoms with Gasteiger partial charge in [-0.25, -0.2) is 4.98 Å². The molecule has 2 saturated heterocycles. The highest BCUT2D eigenvalue weighted by molar-refractivity contribution is 5.93. The molecule has 3 fully saturated rings. The Morgan fingerprint density at radius 1 is 0.923 bits per heavy atom. The summed E-state index contributed by atoms with van der Waals surface area (Å²) in [6.45, 7) is 5.03. The second-order valence-corrected chi connectivity index (χ2v) is 8.04. The van der Waals surface area contributed by atoms with E-state index in [0.717, 1.165) is 64.7 Å². The van der Waals surface area contributed by atoms with Crippen LogP contribution in [0, 0.1) is 12.8 Å². The molecule has 1 aromatic heterocycles. The van der Waals surface area contributed by atoms with Crippen LogP contribution in [0.5, 0.6) is 0 Å². The molecule has 6 nitrogen and oxygen atoms in total. The van der Waals surface area contributed by atoms with Crippen molar-refractivity contribution in [1.82, 2.24) is 14.8 Å². The number of hydrogen-bond donors (Lipinski definition) is 0. The van der Waals surface area contributed by atoms with Crippen LogP contribution in [0.4, 0.5) is 0 Å². The van der Waals surface area contributed by atoms with Crippen LogP contribution in [0.15, 0.2) is 4.42 Å². The molecule has 26 heavy (non-hydrogen) atoms. The van der Waals surface area contributed by atoms with Gasteiger partial charge in [0.1, 0.15) is 5.76 Å². The maximum absolute atomic E-state index is 12.7. The molecule has 0 N–H and O–H groups in total. The van der Waals surface area contributed by atoms with E-state index >= 15 is 0 Å². The topological polar surface area (TPSA) is 66.7 Å². The van der Waals surface area contributed by atoms with E-state index in [1.54, 1.807) is 0 Å². The van der Waals surface area contributed by atoms with E-state index in [1.807, 2.05) is 16.7 Å². The van der Waals surface area contributed by atoms with Crippen LogP contribution in [0.2, 0.25) is 0 Å². The van der Waals surface area contributed by atoms with Crippen molar-refractivity contribution in [3.8, 4) is 0 Å². The number of nitrogens with zero attached hydrogens (tertiary/aromatic N) is 3. The predicted molar refractivity (Wildman–Crippen MR) is 96.9 cm³/mol. The maximum Gasteiger partial charge on any atom is 0.276 e. The van der Waals surface area contributed by atoms with Gasteiger partial charge in [0.25, 0.3) is 5.91 Å². The Bertz CT molecular complexity index is 666. The van der Waals surface area contributed by atoms with E-state index in [0.29, 0.717) is 23.3 Å². The first kappa shape index (κ1) is 17.6. The van der Waals surface area contributed by atoms with Crippen LogP contribution in [0.3, 0.4) is 0 Å². The van der Waals surface area contributed by atoms with Crippen molar-refractivity contribution in [1.29, 1.82) is 0 Å². The molecule has 0 radical (unpaired) electrons. The Morgan fingerprint density at radius 3 is 2.23 bits per heavy atom. The number of carbonyl (C=O) groups is 2. The van der Waals surface area contributed by atoms with E-state index < -0.39 is 0 Å². The number of piperidine rings is 2. The molecule has 1 aliphatic carbocycles. The Labute approximate surface area is 154 Å². The van der Waals surface area contributed by atoms with Crippen LogP contribution in [-0.2, 0) is 4.79 Å². The van der Waals surface area contributed by atoms with Crippen LogP contribution < -0.4 is 0 Å². The zero-order chi connectivity index (χ0) is 18.1. The van der Waals surface area contributed by atoms with Gasteiger partial charge in [-0.05, 0) is 51.9 Å². The number of aromatic nitrogens is 1. The van der Waals surface area contributed by atoms with Crippen molar-refractivity contribution in [2.24, 2.45) is 5.92 Å². The molecule has 6 heteroatoms. The normalized spacial score (nSPS) is 22.3. The zero-order valence-electron chi connectivity index (χ0n) is 15.7. The summed E-state index contributed by atoms with van der Waals surface area (Å²) >= 11 is 0. The predicted octanol–water partition coefficient (Wildman–Crippen LogP) is 3.12. The first-order chi connectivity index (χ1) is 12.6. The number of rotatable bonds is 3. The Hall–Kier alpha value is -1.85. The van der Waals surface area contributed by atoms with Crippen LogP contribution in [-0.4, -0.2) is 52.8 Å². The summed E-state index contributed by atoms with van der Waals surface area (Å²) in [5.41, 5.74) is 0.481. The van der Waals surface area contributed by atoms with Crippen molar-refractivity contribution >= 4 is 11.8 Å². The molecule has 2 amide bonds. The van der Waals surface area contributed by atoms with Gasteiger partial charge in [-0.3, -0.25) is 9.59 Å². The number of carbonyl (C=O) groups excluding carboxylic acids is 2. The Morgan fingerprint density at radius 2 is 1.62 bits per heavy atom. The van der Waals surface area contributed by atoms with Gasteiger partial charge in [0.05, 0.1) is 0 Å². The lowest BCUT2D eigenvalue weighted by Gasteiger charge is -2.35. The van der Waals surface area contributed by atoms with Gasteiger partial charge >= 0.3 is 0 Å². The third-order valence-electron chi connectivity index (χ3n) is 6.27. The molecule has 0 unspecified atom stereocenters. The molecule has 1 saturated carbocycles. The summed E-state index contributed by atoms with van der Waals surface area (Å²) in [5, 5.41) is 0. The number of oxazole rings is 1. The highest BCUT2D eigenvalue weighted by Gasteiger charge is 2.34. The fourth-order valence-corrected chi connectivity index (χ4v) is 4.30. The quantitative estimate of drug-likeness (QED) is 0.832. The molecule has 0 spiro atoms. The van der Waals surface area contributed by atoms with Gasteiger partial charge in [-0.1, -0.05) is 6.42 Å². The van der Waals surface area contributed by atoms with Crippen molar-refractivity contribution < 1.29 is 14.0 Å². The van der Waals surface area contributed by atoms with Crippen molar-refractivity contribution in [2.75, 3.05) is 26.2 Å². The maximum atomic E-state index is 12.7. The zero-order valence-corrected chi connectivity index (χ0v) is 15.7. The minimum atomic E-state index is 0.00907. The van der Waals surface area contributed by atoms with Crippen molar-refractivity contribution in [2.45, 2.75) is 64.2 Å². The molecular weight excluding hydrogens is 330 g/mol. The molecule has 4 rings (SSSR count). The average molecular weight is 359 g/mol. The van der Waals surface area contributed by atoms with E-state index in [9.17, 15) is 9.59 Å². The van der Waals surface area contributed by atoms with Crippen LogP contribution in [0.1, 0.15) is 79.4 Å². The van der Waals surface area contributed by atoms with E-state index in [1.165, 1.54) is 12.8 Å². The minimum Gasteiger partial charge on any atom is -0.445 e. The van der Waals surface area contributed by atoms with Gasteiger partial charge in [0.15, 0.2) is 11.6 Å². The largest absolute Gasteiger partial charge is 0.445 e. The van der Waals surface area contributed by atoms with Crippen LogP contribution in [0.25, 0.3) is 0 Å².